The summed E-state index contributed by atoms with van der Waals surface area (Å²) in [6.07, 6.45) is 4.92. The van der Waals surface area contributed by atoms with Crippen molar-refractivity contribution in [3.8, 4) is 5.75 Å². The average Bonchev–Trinajstić information content (AvgIpc) is 2.61. The van der Waals surface area contributed by atoms with Crippen LogP contribution in [-0.4, -0.2) is 17.1 Å². The standard InChI is InChI=1S/C23H27Cl2NO3/c1-15(2)11-21(27)29-22(23(3,4)5)20(12-16-7-6-10-26-14-16)28-19-9-8-17(24)13-18(19)25/h6-10,12-15,22H,11H2,1-5H3/b20-12+. The highest BCUT2D eigenvalue weighted by Gasteiger charge is 2.34. The lowest BCUT2D eigenvalue weighted by atomic mass is 9.87. The van der Waals surface area contributed by atoms with Gasteiger partial charge in [0.25, 0.3) is 0 Å². The van der Waals surface area contributed by atoms with Gasteiger partial charge in [-0.2, -0.15) is 0 Å². The number of carbonyl (C=O) groups is 1. The zero-order chi connectivity index (χ0) is 21.6. The lowest BCUT2D eigenvalue weighted by Gasteiger charge is -2.32. The van der Waals surface area contributed by atoms with E-state index in [1.807, 2.05) is 52.8 Å². The normalized spacial score (nSPS) is 13.3. The van der Waals surface area contributed by atoms with Crippen molar-refractivity contribution in [3.63, 3.8) is 0 Å². The van der Waals surface area contributed by atoms with Crippen molar-refractivity contribution in [2.24, 2.45) is 11.3 Å². The molecule has 0 amide bonds. The number of halogens is 2. The molecular formula is C23H27Cl2NO3. The second-order valence-electron chi connectivity index (χ2n) is 8.34. The molecule has 29 heavy (non-hydrogen) atoms. The highest BCUT2D eigenvalue weighted by Crippen LogP contribution is 2.35. The van der Waals surface area contributed by atoms with Gasteiger partial charge in [0.15, 0.2) is 6.10 Å². The first-order valence-corrected chi connectivity index (χ1v) is 10.3. The number of ether oxygens (including phenoxy) is 2. The van der Waals surface area contributed by atoms with E-state index >= 15 is 0 Å². The SMILES string of the molecule is CC(C)CC(=O)OC(/C(=C\c1cccnc1)Oc1ccc(Cl)cc1Cl)C(C)(C)C. The van der Waals surface area contributed by atoms with E-state index in [0.29, 0.717) is 28.0 Å². The summed E-state index contributed by atoms with van der Waals surface area (Å²) in [7, 11) is 0. The minimum Gasteiger partial charge on any atom is -0.456 e. The Hall–Kier alpha value is -2.04. The molecule has 0 aliphatic carbocycles. The van der Waals surface area contributed by atoms with Gasteiger partial charge in [0.1, 0.15) is 11.5 Å². The fourth-order valence-electron chi connectivity index (χ4n) is 2.64. The van der Waals surface area contributed by atoms with Crippen molar-refractivity contribution in [1.82, 2.24) is 4.98 Å². The number of benzene rings is 1. The fourth-order valence-corrected chi connectivity index (χ4v) is 3.09. The zero-order valence-electron chi connectivity index (χ0n) is 17.4. The highest BCUT2D eigenvalue weighted by molar-refractivity contribution is 6.35. The van der Waals surface area contributed by atoms with E-state index in [2.05, 4.69) is 4.98 Å². The van der Waals surface area contributed by atoms with Crippen LogP contribution in [0.25, 0.3) is 6.08 Å². The van der Waals surface area contributed by atoms with Crippen LogP contribution in [0.3, 0.4) is 0 Å². The van der Waals surface area contributed by atoms with Gasteiger partial charge in [0.2, 0.25) is 0 Å². The molecule has 1 heterocycles. The number of esters is 1. The van der Waals surface area contributed by atoms with Crippen LogP contribution in [0.5, 0.6) is 5.75 Å². The summed E-state index contributed by atoms with van der Waals surface area (Å²) in [5.74, 6) is 0.815. The van der Waals surface area contributed by atoms with Crippen LogP contribution in [0.15, 0.2) is 48.5 Å². The maximum absolute atomic E-state index is 12.5. The first-order chi connectivity index (χ1) is 13.6. The minimum absolute atomic E-state index is 0.195. The van der Waals surface area contributed by atoms with Crippen LogP contribution >= 0.6 is 23.2 Å². The molecule has 0 aliphatic rings. The first-order valence-electron chi connectivity index (χ1n) is 9.50. The van der Waals surface area contributed by atoms with Crippen LogP contribution < -0.4 is 4.74 Å². The smallest absolute Gasteiger partial charge is 0.306 e. The predicted octanol–water partition coefficient (Wildman–Crippen LogP) is 6.81. The minimum atomic E-state index is -0.624. The summed E-state index contributed by atoms with van der Waals surface area (Å²) in [4.78, 5) is 16.6. The van der Waals surface area contributed by atoms with Gasteiger partial charge in [-0.15, -0.1) is 0 Å². The quantitative estimate of drug-likeness (QED) is 0.353. The van der Waals surface area contributed by atoms with Crippen LogP contribution in [0.4, 0.5) is 0 Å². The number of carbonyl (C=O) groups excluding carboxylic acids is 1. The molecule has 156 valence electrons. The Morgan fingerprint density at radius 1 is 1.21 bits per heavy atom. The molecule has 4 nitrogen and oxygen atoms in total. The van der Waals surface area contributed by atoms with E-state index in [0.717, 1.165) is 5.56 Å². The third-order valence-electron chi connectivity index (χ3n) is 3.98. The molecule has 0 spiro atoms. The Morgan fingerprint density at radius 3 is 2.48 bits per heavy atom. The molecule has 0 saturated heterocycles. The highest BCUT2D eigenvalue weighted by atomic mass is 35.5. The molecule has 1 aromatic heterocycles. The maximum Gasteiger partial charge on any atom is 0.306 e. The Bertz CT molecular complexity index is 858. The molecular weight excluding hydrogens is 409 g/mol. The van der Waals surface area contributed by atoms with Crippen molar-refractivity contribution in [3.05, 3.63) is 64.1 Å². The van der Waals surface area contributed by atoms with E-state index in [1.54, 1.807) is 30.6 Å². The van der Waals surface area contributed by atoms with E-state index in [1.165, 1.54) is 0 Å². The number of hydrogen-bond donors (Lipinski definition) is 0. The van der Waals surface area contributed by atoms with Gasteiger partial charge in [-0.3, -0.25) is 9.78 Å². The Morgan fingerprint density at radius 2 is 1.93 bits per heavy atom. The van der Waals surface area contributed by atoms with Crippen molar-refractivity contribution in [2.75, 3.05) is 0 Å². The lowest BCUT2D eigenvalue weighted by molar-refractivity contribution is -0.154. The fraction of sp³-hybridized carbons (Fsp3) is 0.391. The number of rotatable bonds is 7. The average molecular weight is 436 g/mol. The van der Waals surface area contributed by atoms with Gasteiger partial charge in [-0.05, 0) is 41.8 Å². The molecule has 6 heteroatoms. The third-order valence-corrected chi connectivity index (χ3v) is 4.51. The van der Waals surface area contributed by atoms with Crippen LogP contribution in [0.2, 0.25) is 10.0 Å². The predicted molar refractivity (Wildman–Crippen MR) is 118 cm³/mol. The van der Waals surface area contributed by atoms with E-state index in [-0.39, 0.29) is 11.9 Å². The van der Waals surface area contributed by atoms with Gasteiger partial charge < -0.3 is 9.47 Å². The summed E-state index contributed by atoms with van der Waals surface area (Å²) >= 11 is 12.3. The lowest BCUT2D eigenvalue weighted by Crippen LogP contribution is -2.35. The Kier molecular flexibility index (Phi) is 8.12. The molecule has 1 unspecified atom stereocenters. The molecule has 0 aliphatic heterocycles. The molecule has 1 aromatic carbocycles. The summed E-state index contributed by atoms with van der Waals surface area (Å²) in [6, 6.07) is 8.72. The molecule has 0 saturated carbocycles. The third kappa shape index (κ3) is 7.37. The Labute approximate surface area is 182 Å². The summed E-state index contributed by atoms with van der Waals surface area (Å²) in [5.41, 5.74) is 0.404. The molecule has 2 rings (SSSR count). The molecule has 0 fully saturated rings. The number of pyridine rings is 1. The monoisotopic (exact) mass is 435 g/mol. The summed E-state index contributed by atoms with van der Waals surface area (Å²) < 4.78 is 12.0. The molecule has 2 aromatic rings. The summed E-state index contributed by atoms with van der Waals surface area (Å²) in [6.45, 7) is 9.92. The first kappa shape index (κ1) is 23.2. The number of aromatic nitrogens is 1. The molecule has 0 bridgehead atoms. The second kappa shape index (κ2) is 10.1. The molecule has 1 atom stereocenters. The van der Waals surface area contributed by atoms with E-state index in [4.69, 9.17) is 32.7 Å². The van der Waals surface area contributed by atoms with Gasteiger partial charge in [-0.25, -0.2) is 0 Å². The topological polar surface area (TPSA) is 48.4 Å². The summed E-state index contributed by atoms with van der Waals surface area (Å²) in [5, 5.41) is 0.881. The van der Waals surface area contributed by atoms with Gasteiger partial charge >= 0.3 is 5.97 Å². The van der Waals surface area contributed by atoms with Gasteiger partial charge in [0, 0.05) is 29.3 Å². The molecule has 0 N–H and O–H groups in total. The van der Waals surface area contributed by atoms with Crippen molar-refractivity contribution in [1.29, 1.82) is 0 Å². The Balaban J connectivity index is 2.47. The number of nitrogens with zero attached hydrogens (tertiary/aromatic N) is 1. The zero-order valence-corrected chi connectivity index (χ0v) is 18.9. The second-order valence-corrected chi connectivity index (χ2v) is 9.19. The van der Waals surface area contributed by atoms with Crippen LogP contribution in [0, 0.1) is 11.3 Å². The van der Waals surface area contributed by atoms with E-state index < -0.39 is 11.5 Å². The van der Waals surface area contributed by atoms with Crippen molar-refractivity contribution < 1.29 is 14.3 Å². The van der Waals surface area contributed by atoms with Crippen molar-refractivity contribution in [2.45, 2.75) is 47.1 Å². The van der Waals surface area contributed by atoms with Gasteiger partial charge in [0.05, 0.1) is 5.02 Å². The number of hydrogen-bond acceptors (Lipinski definition) is 4. The largest absolute Gasteiger partial charge is 0.456 e. The van der Waals surface area contributed by atoms with Gasteiger partial charge in [-0.1, -0.05) is 63.9 Å². The van der Waals surface area contributed by atoms with Crippen LogP contribution in [0.1, 0.15) is 46.6 Å². The maximum atomic E-state index is 12.5. The van der Waals surface area contributed by atoms with Crippen molar-refractivity contribution >= 4 is 35.2 Å². The molecule has 0 radical (unpaired) electrons. The van der Waals surface area contributed by atoms with Crippen LogP contribution in [-0.2, 0) is 9.53 Å². The van der Waals surface area contributed by atoms with E-state index in [9.17, 15) is 4.79 Å².